The lowest BCUT2D eigenvalue weighted by Gasteiger charge is -2.33. The lowest BCUT2D eigenvalue weighted by molar-refractivity contribution is -0.140. The molecule has 0 bridgehead atoms. The molecule has 1 N–H and O–H groups in total. The van der Waals surface area contributed by atoms with E-state index in [9.17, 15) is 18.0 Å². The number of aryl methyl sites for hydroxylation is 1. The predicted molar refractivity (Wildman–Crippen MR) is 162 cm³/mol. The Morgan fingerprint density at radius 1 is 0.925 bits per heavy atom. The monoisotopic (exact) mass is 623 g/mol. The number of rotatable bonds is 12. The summed E-state index contributed by atoms with van der Waals surface area (Å²) >= 11 is 18.3. The minimum absolute atomic E-state index is 0.0169. The van der Waals surface area contributed by atoms with Crippen molar-refractivity contribution < 1.29 is 18.0 Å². The Balaban J connectivity index is 2.07. The highest BCUT2D eigenvalue weighted by Crippen LogP contribution is 2.29. The van der Waals surface area contributed by atoms with Gasteiger partial charge in [0.25, 0.3) is 10.0 Å². The van der Waals surface area contributed by atoms with Crippen molar-refractivity contribution in [2.24, 2.45) is 0 Å². The van der Waals surface area contributed by atoms with Gasteiger partial charge < -0.3 is 10.2 Å². The molecule has 7 nitrogen and oxygen atoms in total. The van der Waals surface area contributed by atoms with Crippen LogP contribution in [0.5, 0.6) is 0 Å². The molecule has 11 heteroatoms. The summed E-state index contributed by atoms with van der Waals surface area (Å²) in [6, 6.07) is 16.8. The molecule has 0 heterocycles. The number of amides is 2. The van der Waals surface area contributed by atoms with E-state index in [1.54, 1.807) is 56.3 Å². The number of carbonyl (C=O) groups excluding carboxylic acids is 2. The minimum atomic E-state index is -4.19. The zero-order valence-corrected chi connectivity index (χ0v) is 25.6. The lowest BCUT2D eigenvalue weighted by atomic mass is 10.1. The second kappa shape index (κ2) is 14.2. The maximum absolute atomic E-state index is 14.1. The van der Waals surface area contributed by atoms with Gasteiger partial charge in [-0.1, -0.05) is 72.9 Å². The molecule has 214 valence electrons. The van der Waals surface area contributed by atoms with Gasteiger partial charge in [0.2, 0.25) is 11.8 Å². The molecule has 0 spiro atoms. The van der Waals surface area contributed by atoms with E-state index in [0.29, 0.717) is 44.8 Å². The summed E-state index contributed by atoms with van der Waals surface area (Å²) in [6.07, 6.45) is 1.04. The topological polar surface area (TPSA) is 86.8 Å². The fourth-order valence-electron chi connectivity index (χ4n) is 4.21. The van der Waals surface area contributed by atoms with Crippen molar-refractivity contribution in [1.29, 1.82) is 0 Å². The molecule has 0 saturated carbocycles. The molecule has 0 radical (unpaired) electrons. The van der Waals surface area contributed by atoms with Crippen LogP contribution in [0.25, 0.3) is 0 Å². The summed E-state index contributed by atoms with van der Waals surface area (Å²) in [5, 5.41) is 3.90. The first-order valence-electron chi connectivity index (χ1n) is 12.8. The third-order valence-corrected chi connectivity index (χ3v) is 9.10. The third kappa shape index (κ3) is 7.69. The fourth-order valence-corrected chi connectivity index (χ4v) is 6.14. The van der Waals surface area contributed by atoms with Crippen molar-refractivity contribution in [1.82, 2.24) is 10.2 Å². The van der Waals surface area contributed by atoms with E-state index in [1.807, 2.05) is 6.92 Å². The van der Waals surface area contributed by atoms with E-state index in [0.717, 1.165) is 10.7 Å². The van der Waals surface area contributed by atoms with Gasteiger partial charge in [0.05, 0.1) is 20.6 Å². The summed E-state index contributed by atoms with van der Waals surface area (Å²) in [7, 11) is -4.19. The van der Waals surface area contributed by atoms with Gasteiger partial charge in [-0.05, 0) is 73.4 Å². The molecule has 3 aromatic carbocycles. The number of carbonyl (C=O) groups is 2. The lowest BCUT2D eigenvalue weighted by Crippen LogP contribution is -2.52. The molecule has 0 aromatic heterocycles. The van der Waals surface area contributed by atoms with Crippen LogP contribution in [0.3, 0.4) is 0 Å². The standard InChI is InChI=1S/C29H32Cl3N3O4S/c1-4-16-33-29(37)26(5-2)34(18-21-10-15-24(31)25(32)17-21)28(36)19-35(27-9-7-6-8-20(27)3)40(38,39)23-13-11-22(30)12-14-23/h6-15,17,26H,4-5,16,18-19H2,1-3H3,(H,33,37)/t26-/m1/s1. The summed E-state index contributed by atoms with van der Waals surface area (Å²) in [5.41, 5.74) is 1.66. The summed E-state index contributed by atoms with van der Waals surface area (Å²) in [4.78, 5) is 28.6. The Labute approximate surface area is 251 Å². The van der Waals surface area contributed by atoms with Crippen LogP contribution in [0.15, 0.2) is 71.6 Å². The maximum atomic E-state index is 14.1. The Kier molecular flexibility index (Phi) is 11.3. The van der Waals surface area contributed by atoms with E-state index >= 15 is 0 Å². The van der Waals surface area contributed by atoms with Gasteiger partial charge in [-0.25, -0.2) is 8.42 Å². The molecule has 0 unspecified atom stereocenters. The molecule has 0 aliphatic carbocycles. The number of nitrogens with one attached hydrogen (secondary N) is 1. The SMILES string of the molecule is CCCNC(=O)[C@@H](CC)N(Cc1ccc(Cl)c(Cl)c1)C(=O)CN(c1ccccc1C)S(=O)(=O)c1ccc(Cl)cc1. The van der Waals surface area contributed by atoms with Crippen molar-refractivity contribution in [3.8, 4) is 0 Å². The first kappa shape index (κ1) is 31.7. The molecular formula is C29H32Cl3N3O4S. The molecule has 0 fully saturated rings. The second-order valence-electron chi connectivity index (χ2n) is 9.24. The summed E-state index contributed by atoms with van der Waals surface area (Å²) < 4.78 is 28.9. The van der Waals surface area contributed by atoms with Gasteiger partial charge in [0.1, 0.15) is 12.6 Å². The van der Waals surface area contributed by atoms with Crippen LogP contribution < -0.4 is 9.62 Å². The van der Waals surface area contributed by atoms with Crippen molar-refractivity contribution >= 4 is 62.3 Å². The number of halogens is 3. The number of hydrogen-bond acceptors (Lipinski definition) is 4. The van der Waals surface area contributed by atoms with Gasteiger partial charge in [-0.3, -0.25) is 13.9 Å². The molecule has 40 heavy (non-hydrogen) atoms. The minimum Gasteiger partial charge on any atom is -0.354 e. The number of benzene rings is 3. The Hall–Kier alpha value is -2.78. The van der Waals surface area contributed by atoms with Crippen molar-refractivity contribution in [2.45, 2.75) is 51.1 Å². The van der Waals surface area contributed by atoms with Crippen LogP contribution in [0.4, 0.5) is 5.69 Å². The molecule has 3 rings (SSSR count). The first-order valence-corrected chi connectivity index (χ1v) is 15.4. The summed E-state index contributed by atoms with van der Waals surface area (Å²) in [5.74, 6) is -0.869. The predicted octanol–water partition coefficient (Wildman–Crippen LogP) is 6.48. The molecule has 3 aromatic rings. The fraction of sp³-hybridized carbons (Fsp3) is 0.310. The second-order valence-corrected chi connectivity index (χ2v) is 12.4. The molecule has 0 aliphatic rings. The quantitative estimate of drug-likeness (QED) is 0.250. The average molecular weight is 625 g/mol. The molecular weight excluding hydrogens is 593 g/mol. The highest BCUT2D eigenvalue weighted by atomic mass is 35.5. The van der Waals surface area contributed by atoms with E-state index in [2.05, 4.69) is 5.32 Å². The van der Waals surface area contributed by atoms with Crippen molar-refractivity contribution in [2.75, 3.05) is 17.4 Å². The average Bonchev–Trinajstić information content (AvgIpc) is 2.93. The summed E-state index contributed by atoms with van der Waals surface area (Å²) in [6.45, 7) is 5.44. The van der Waals surface area contributed by atoms with Gasteiger partial charge in [0, 0.05) is 18.1 Å². The van der Waals surface area contributed by atoms with E-state index in [1.165, 1.54) is 29.2 Å². The largest absolute Gasteiger partial charge is 0.354 e. The van der Waals surface area contributed by atoms with Crippen LogP contribution in [-0.2, 0) is 26.2 Å². The van der Waals surface area contributed by atoms with Crippen LogP contribution in [-0.4, -0.2) is 44.3 Å². The maximum Gasteiger partial charge on any atom is 0.264 e. The number of sulfonamides is 1. The van der Waals surface area contributed by atoms with Gasteiger partial charge >= 0.3 is 0 Å². The van der Waals surface area contributed by atoms with Crippen molar-refractivity contribution in [3.05, 3.63) is 92.9 Å². The van der Waals surface area contributed by atoms with E-state index in [4.69, 9.17) is 34.8 Å². The normalized spacial score (nSPS) is 12.1. The first-order chi connectivity index (χ1) is 19.0. The number of para-hydroxylation sites is 1. The molecule has 0 aliphatic heterocycles. The zero-order valence-electron chi connectivity index (χ0n) is 22.5. The van der Waals surface area contributed by atoms with Crippen LogP contribution in [0.2, 0.25) is 15.1 Å². The molecule has 1 atom stereocenters. The number of nitrogens with zero attached hydrogens (tertiary/aromatic N) is 2. The van der Waals surface area contributed by atoms with E-state index < -0.39 is 28.5 Å². The van der Waals surface area contributed by atoms with Gasteiger partial charge in [-0.15, -0.1) is 0 Å². The molecule has 2 amide bonds. The van der Waals surface area contributed by atoms with Crippen LogP contribution in [0, 0.1) is 6.92 Å². The van der Waals surface area contributed by atoms with Gasteiger partial charge in [0.15, 0.2) is 0 Å². The Morgan fingerprint density at radius 3 is 2.20 bits per heavy atom. The van der Waals surface area contributed by atoms with E-state index in [-0.39, 0.29) is 17.3 Å². The van der Waals surface area contributed by atoms with Gasteiger partial charge in [-0.2, -0.15) is 0 Å². The van der Waals surface area contributed by atoms with Crippen molar-refractivity contribution in [3.63, 3.8) is 0 Å². The third-order valence-electron chi connectivity index (χ3n) is 6.34. The highest BCUT2D eigenvalue weighted by Gasteiger charge is 2.34. The number of anilines is 1. The Bertz CT molecular complexity index is 1450. The smallest absolute Gasteiger partial charge is 0.264 e. The zero-order chi connectivity index (χ0) is 29.4. The molecule has 0 saturated heterocycles. The number of hydrogen-bond donors (Lipinski definition) is 1. The highest BCUT2D eigenvalue weighted by molar-refractivity contribution is 7.92. The Morgan fingerprint density at radius 2 is 1.60 bits per heavy atom. The van der Waals surface area contributed by atoms with Crippen LogP contribution >= 0.6 is 34.8 Å². The van der Waals surface area contributed by atoms with Crippen LogP contribution in [0.1, 0.15) is 37.8 Å².